The monoisotopic (exact) mass is 344 g/mol. The molecule has 0 rings (SSSR count). The van der Waals surface area contributed by atoms with Gasteiger partial charge in [-0.2, -0.15) is 0 Å². The van der Waals surface area contributed by atoms with Crippen LogP contribution >= 0.6 is 0 Å². The van der Waals surface area contributed by atoms with E-state index in [0.717, 1.165) is 0 Å². The number of carbonyl (C=O) groups is 2. The number of carbonyl (C=O) groups excluding carboxylic acids is 2. The minimum absolute atomic E-state index is 0.0547. The topological polar surface area (TPSA) is 61.8 Å². The zero-order valence-corrected chi connectivity index (χ0v) is 17.3. The Balaban J connectivity index is 5.11. The average Bonchev–Trinajstić information content (AvgIpc) is 2.41. The Morgan fingerprint density at radius 3 is 1.75 bits per heavy atom. The van der Waals surface area contributed by atoms with Gasteiger partial charge in [-0.15, -0.1) is 0 Å². The summed E-state index contributed by atoms with van der Waals surface area (Å²) in [7, 11) is 1.49. The molecule has 5 heteroatoms. The van der Waals surface area contributed by atoms with Crippen molar-refractivity contribution in [2.75, 3.05) is 13.7 Å². The average molecular weight is 344 g/mol. The highest BCUT2D eigenvalue weighted by Crippen LogP contribution is 2.37. The smallest absolute Gasteiger partial charge is 0.189 e. The van der Waals surface area contributed by atoms with Crippen LogP contribution in [-0.4, -0.2) is 48.2 Å². The molecule has 0 amide bonds. The fraction of sp³-hybridized carbons (Fsp3) is 0.895. The lowest BCUT2D eigenvalue weighted by Gasteiger charge is -2.42. The Kier molecular flexibility index (Phi) is 7.38. The minimum Gasteiger partial charge on any atom is -0.371 e. The van der Waals surface area contributed by atoms with Gasteiger partial charge in [0.05, 0.1) is 16.6 Å². The maximum atomic E-state index is 12.9. The summed E-state index contributed by atoms with van der Waals surface area (Å²) in [6.07, 6.45) is -0.561. The van der Waals surface area contributed by atoms with Gasteiger partial charge in [0.15, 0.2) is 11.6 Å². The highest BCUT2D eigenvalue weighted by Gasteiger charge is 2.47. The van der Waals surface area contributed by atoms with Crippen LogP contribution < -0.4 is 0 Å². The summed E-state index contributed by atoms with van der Waals surface area (Å²) in [5.74, 6) is -0.221. The summed E-state index contributed by atoms with van der Waals surface area (Å²) < 4.78 is 16.8. The van der Waals surface area contributed by atoms with Crippen molar-refractivity contribution >= 4 is 11.6 Å². The first-order valence-electron chi connectivity index (χ1n) is 8.42. The largest absolute Gasteiger partial charge is 0.371 e. The van der Waals surface area contributed by atoms with Crippen molar-refractivity contribution in [2.45, 2.75) is 92.1 Å². The number of hydrogen-bond acceptors (Lipinski definition) is 5. The first-order chi connectivity index (χ1) is 10.5. The summed E-state index contributed by atoms with van der Waals surface area (Å²) in [6, 6.07) is 0. The summed E-state index contributed by atoms with van der Waals surface area (Å²) in [5, 5.41) is 0. The van der Waals surface area contributed by atoms with Crippen molar-refractivity contribution in [1.82, 2.24) is 0 Å². The van der Waals surface area contributed by atoms with E-state index >= 15 is 0 Å². The van der Waals surface area contributed by atoms with Crippen LogP contribution in [0.2, 0.25) is 0 Å². The Labute approximate surface area is 147 Å². The van der Waals surface area contributed by atoms with Crippen molar-refractivity contribution in [2.24, 2.45) is 5.41 Å². The molecule has 5 nitrogen and oxygen atoms in total. The number of methoxy groups -OCH3 is 1. The zero-order valence-electron chi connectivity index (χ0n) is 17.3. The second-order valence-corrected chi connectivity index (χ2v) is 8.80. The molecule has 0 fully saturated rings. The van der Waals surface area contributed by atoms with Gasteiger partial charge >= 0.3 is 0 Å². The predicted octanol–water partition coefficient (Wildman–Crippen LogP) is 3.57. The van der Waals surface area contributed by atoms with Gasteiger partial charge in [0.25, 0.3) is 0 Å². The molecule has 0 spiro atoms. The van der Waals surface area contributed by atoms with Crippen molar-refractivity contribution in [1.29, 1.82) is 0 Å². The highest BCUT2D eigenvalue weighted by atomic mass is 16.5. The van der Waals surface area contributed by atoms with E-state index in [1.54, 1.807) is 20.8 Å². The summed E-state index contributed by atoms with van der Waals surface area (Å²) in [4.78, 5) is 25.1. The van der Waals surface area contributed by atoms with Gasteiger partial charge in [0.2, 0.25) is 0 Å². The molecule has 0 aliphatic rings. The molecule has 0 aromatic carbocycles. The van der Waals surface area contributed by atoms with Crippen molar-refractivity contribution in [3.63, 3.8) is 0 Å². The molecule has 0 aromatic heterocycles. The third-order valence-electron chi connectivity index (χ3n) is 4.77. The molecule has 0 aliphatic carbocycles. The predicted molar refractivity (Wildman–Crippen MR) is 95.2 cm³/mol. The van der Waals surface area contributed by atoms with Crippen molar-refractivity contribution in [3.8, 4) is 0 Å². The molecule has 0 saturated carbocycles. The van der Waals surface area contributed by atoms with Crippen LogP contribution in [0.3, 0.4) is 0 Å². The van der Waals surface area contributed by atoms with Crippen LogP contribution in [0.5, 0.6) is 0 Å². The minimum atomic E-state index is -0.910. The standard InChI is InChI=1S/C19H36O5/c1-13(24-16(2,3)4)15(21)17(5,6)19(9,10)23-12-14(20)18(7,8)22-11/h13H,12H2,1-11H3. The Hall–Kier alpha value is -0.780. The van der Waals surface area contributed by atoms with Crippen molar-refractivity contribution < 1.29 is 23.8 Å². The Morgan fingerprint density at radius 1 is 0.917 bits per heavy atom. The number of rotatable bonds is 9. The molecule has 0 radical (unpaired) electrons. The third-order valence-corrected chi connectivity index (χ3v) is 4.77. The van der Waals surface area contributed by atoms with Crippen LogP contribution in [0.1, 0.15) is 69.2 Å². The van der Waals surface area contributed by atoms with Crippen LogP contribution in [0.25, 0.3) is 0 Å². The van der Waals surface area contributed by atoms with Crippen LogP contribution in [0.15, 0.2) is 0 Å². The molecule has 0 heterocycles. The molecule has 0 bridgehead atoms. The molecular formula is C19H36O5. The lowest BCUT2D eigenvalue weighted by Crippen LogP contribution is -2.52. The Morgan fingerprint density at radius 2 is 1.38 bits per heavy atom. The molecule has 1 atom stereocenters. The number of hydrogen-bond donors (Lipinski definition) is 0. The quantitative estimate of drug-likeness (QED) is 0.640. The number of ether oxygens (including phenoxy) is 3. The van der Waals surface area contributed by atoms with Crippen LogP contribution in [0.4, 0.5) is 0 Å². The normalized spacial score (nSPS) is 15.3. The van der Waals surface area contributed by atoms with Crippen molar-refractivity contribution in [3.05, 3.63) is 0 Å². The second kappa shape index (κ2) is 7.63. The van der Waals surface area contributed by atoms with Gasteiger partial charge < -0.3 is 14.2 Å². The molecule has 0 N–H and O–H groups in total. The molecule has 1 unspecified atom stereocenters. The van der Waals surface area contributed by atoms with E-state index in [9.17, 15) is 9.59 Å². The highest BCUT2D eigenvalue weighted by molar-refractivity contribution is 5.89. The lowest BCUT2D eigenvalue weighted by atomic mass is 9.72. The second-order valence-electron chi connectivity index (χ2n) is 8.80. The van der Waals surface area contributed by atoms with Crippen LogP contribution in [0, 0.1) is 5.41 Å². The molecule has 142 valence electrons. The number of Topliss-reactive ketones (excluding diaryl/α,β-unsaturated/α-hetero) is 2. The van der Waals surface area contributed by atoms with E-state index < -0.39 is 28.3 Å². The van der Waals surface area contributed by atoms with Gasteiger partial charge in [0.1, 0.15) is 18.3 Å². The molecule has 24 heavy (non-hydrogen) atoms. The fourth-order valence-electron chi connectivity index (χ4n) is 2.10. The van der Waals surface area contributed by atoms with Crippen LogP contribution in [-0.2, 0) is 23.8 Å². The molecular weight excluding hydrogens is 308 g/mol. The van der Waals surface area contributed by atoms with Gasteiger partial charge in [-0.1, -0.05) is 13.8 Å². The van der Waals surface area contributed by atoms with Gasteiger partial charge in [-0.3, -0.25) is 9.59 Å². The molecule has 0 saturated heterocycles. The maximum Gasteiger partial charge on any atom is 0.189 e. The zero-order chi connectivity index (χ0) is 19.6. The summed E-state index contributed by atoms with van der Waals surface area (Å²) in [5.41, 5.74) is -2.98. The SMILES string of the molecule is COC(C)(C)C(=O)COC(C)(C)C(C)(C)C(=O)C(C)OC(C)(C)C. The molecule has 0 aliphatic heterocycles. The number of ketones is 2. The van der Waals surface area contributed by atoms with Gasteiger partial charge in [-0.05, 0) is 55.4 Å². The van der Waals surface area contributed by atoms with Gasteiger partial charge in [0, 0.05) is 7.11 Å². The van der Waals surface area contributed by atoms with E-state index in [0.29, 0.717) is 0 Å². The lowest BCUT2D eigenvalue weighted by molar-refractivity contribution is -0.171. The Bertz CT molecular complexity index is 455. The van der Waals surface area contributed by atoms with E-state index in [1.165, 1.54) is 7.11 Å². The first-order valence-corrected chi connectivity index (χ1v) is 8.42. The fourth-order valence-corrected chi connectivity index (χ4v) is 2.10. The first kappa shape index (κ1) is 23.2. The maximum absolute atomic E-state index is 12.9. The summed E-state index contributed by atoms with van der Waals surface area (Å²) in [6.45, 7) is 18.1. The van der Waals surface area contributed by atoms with E-state index in [2.05, 4.69) is 0 Å². The molecule has 0 aromatic rings. The van der Waals surface area contributed by atoms with E-state index in [4.69, 9.17) is 14.2 Å². The van der Waals surface area contributed by atoms with E-state index in [-0.39, 0.29) is 18.2 Å². The third kappa shape index (κ3) is 5.94. The summed E-state index contributed by atoms with van der Waals surface area (Å²) >= 11 is 0. The van der Waals surface area contributed by atoms with E-state index in [1.807, 2.05) is 48.5 Å². The van der Waals surface area contributed by atoms with Gasteiger partial charge in [-0.25, -0.2) is 0 Å².